The molecule has 0 saturated carbocycles. The fourth-order valence-corrected chi connectivity index (χ4v) is 1.81. The predicted molar refractivity (Wildman–Crippen MR) is 61.4 cm³/mol. The molecule has 0 heterocycles. The summed E-state index contributed by atoms with van der Waals surface area (Å²) in [6.07, 6.45) is 9.53. The van der Waals surface area contributed by atoms with Crippen LogP contribution in [-0.4, -0.2) is 68.2 Å². The van der Waals surface area contributed by atoms with E-state index in [1.807, 2.05) is 0 Å². The Bertz CT molecular complexity index is 176. The van der Waals surface area contributed by atoms with Crippen molar-refractivity contribution in [3.8, 4) is 0 Å². The van der Waals surface area contributed by atoms with Gasteiger partial charge in [-0.05, 0) is 0 Å². The molecule has 5 heteroatoms. The molecule has 0 spiro atoms. The van der Waals surface area contributed by atoms with E-state index >= 15 is 0 Å². The van der Waals surface area contributed by atoms with E-state index in [0.29, 0.717) is 6.26 Å². The van der Waals surface area contributed by atoms with Gasteiger partial charge in [-0.2, -0.15) is 8.42 Å². The topological polar surface area (TPSA) is 54.4 Å². The molecule has 82 valence electrons. The largest absolute Gasteiger partial charge is 0.286 e. The number of rotatable bonds is 6. The van der Waals surface area contributed by atoms with Crippen molar-refractivity contribution in [1.29, 1.82) is 0 Å². The Morgan fingerprint density at radius 2 is 1.43 bits per heavy atom. The molecular weight excluding hydrogens is 227 g/mol. The van der Waals surface area contributed by atoms with Crippen molar-refractivity contribution in [3.05, 3.63) is 0 Å². The molecule has 0 rings (SSSR count). The van der Waals surface area contributed by atoms with Crippen LogP contribution in [0, 0.1) is 0 Å². The number of hydrogen-bond acceptors (Lipinski definition) is 2. The van der Waals surface area contributed by atoms with Crippen LogP contribution in [0.4, 0.5) is 0 Å². The zero-order valence-corrected chi connectivity index (χ0v) is 13.6. The van der Waals surface area contributed by atoms with E-state index in [9.17, 15) is 8.42 Å². The zero-order chi connectivity index (χ0) is 11.4. The van der Waals surface area contributed by atoms with Gasteiger partial charge < -0.3 is 0 Å². The van der Waals surface area contributed by atoms with Gasteiger partial charge in [-0.1, -0.05) is 0 Å². The number of hydrogen-bond donors (Lipinski definition) is 1. The van der Waals surface area contributed by atoms with E-state index < -0.39 is 10.1 Å². The Kier molecular flexibility index (Phi) is 16.2. The zero-order valence-electron chi connectivity index (χ0n) is 9.62. The standard InChI is InChI=1S/C8H17.CH4O3S.K/c1-3-5-7-8-6-4-2;1-5(2,3)4;/h1,3-8H2,2H3;1H3,(H,2,3,4);. The molecule has 0 unspecified atom stereocenters. The normalized spacial score (nSPS) is 10.6. The van der Waals surface area contributed by atoms with Gasteiger partial charge in [0.1, 0.15) is 0 Å². The van der Waals surface area contributed by atoms with Crippen molar-refractivity contribution in [2.24, 2.45) is 0 Å². The summed E-state index contributed by atoms with van der Waals surface area (Å²) in [4.78, 5) is 0. The first-order chi connectivity index (χ1) is 6.41. The Morgan fingerprint density at radius 1 is 1.07 bits per heavy atom. The van der Waals surface area contributed by atoms with Gasteiger partial charge in [-0.3, -0.25) is 4.55 Å². The van der Waals surface area contributed by atoms with Crippen LogP contribution in [0.25, 0.3) is 0 Å². The fraction of sp³-hybridized carbons (Fsp3) is 1.00. The monoisotopic (exact) mass is 248 g/mol. The predicted octanol–water partition coefficient (Wildman–Crippen LogP) is 2.44. The van der Waals surface area contributed by atoms with Crippen molar-refractivity contribution in [2.45, 2.75) is 46.0 Å². The fourth-order valence-electron chi connectivity index (χ4n) is 1.03. The van der Waals surface area contributed by atoms with Gasteiger partial charge in [0, 0.05) is 0 Å². The first kappa shape index (κ1) is 17.9. The quantitative estimate of drug-likeness (QED) is 0.446. The minimum atomic E-state index is -3.67. The first-order valence-electron chi connectivity index (χ1n) is 5.34. The van der Waals surface area contributed by atoms with E-state index in [1.165, 1.54) is 38.5 Å². The number of unbranched alkanes of at least 4 members (excludes halogenated alkanes) is 5. The molecule has 0 aliphatic carbocycles. The minimum absolute atomic E-state index is 0.715. The summed E-state index contributed by atoms with van der Waals surface area (Å²) in [6, 6.07) is 0. The molecule has 0 aromatic heterocycles. The average molecular weight is 248 g/mol. The molecule has 0 aliphatic rings. The van der Waals surface area contributed by atoms with Crippen LogP contribution in [0.3, 0.4) is 0 Å². The Morgan fingerprint density at radius 3 is 1.79 bits per heavy atom. The summed E-state index contributed by atoms with van der Waals surface area (Å²) in [6.45, 7) is 2.27. The third kappa shape index (κ3) is 37.4. The summed E-state index contributed by atoms with van der Waals surface area (Å²) in [5.41, 5.74) is 0. The van der Waals surface area contributed by atoms with Crippen LogP contribution in [0.15, 0.2) is 0 Å². The van der Waals surface area contributed by atoms with Crippen molar-refractivity contribution in [1.82, 2.24) is 0 Å². The Labute approximate surface area is 122 Å². The molecule has 0 radical (unpaired) electrons. The van der Waals surface area contributed by atoms with E-state index in [4.69, 9.17) is 4.55 Å². The summed E-state index contributed by atoms with van der Waals surface area (Å²) in [5, 5.41) is 0. The van der Waals surface area contributed by atoms with E-state index in [-0.39, 0.29) is 0 Å². The summed E-state index contributed by atoms with van der Waals surface area (Å²) < 4.78 is 27.4. The maximum absolute atomic E-state index is 9.19. The molecule has 0 atom stereocenters. The van der Waals surface area contributed by atoms with Crippen molar-refractivity contribution < 1.29 is 13.0 Å². The van der Waals surface area contributed by atoms with Crippen LogP contribution in [-0.2, 0) is 10.1 Å². The van der Waals surface area contributed by atoms with Crippen LogP contribution >= 0.6 is 0 Å². The first-order valence-corrected chi connectivity index (χ1v) is 9.40. The van der Waals surface area contributed by atoms with E-state index in [1.54, 1.807) is 0.515 Å². The SMILES string of the molecule is CCCCCCC[CH2][K].CS(=O)(=O)O. The van der Waals surface area contributed by atoms with Gasteiger partial charge in [0.25, 0.3) is 10.1 Å². The van der Waals surface area contributed by atoms with Crippen LogP contribution in [0.2, 0.25) is 0.515 Å². The Hall–Kier alpha value is 1.55. The second-order valence-electron chi connectivity index (χ2n) is 3.50. The van der Waals surface area contributed by atoms with Gasteiger partial charge in [0.2, 0.25) is 0 Å². The van der Waals surface area contributed by atoms with Gasteiger partial charge >= 0.3 is 94.9 Å². The van der Waals surface area contributed by atoms with Crippen LogP contribution in [0.1, 0.15) is 45.4 Å². The molecule has 1 N–H and O–H groups in total. The van der Waals surface area contributed by atoms with Gasteiger partial charge in [-0.25, -0.2) is 0 Å². The smallest absolute Gasteiger partial charge is 0.261 e. The molecule has 0 bridgehead atoms. The summed E-state index contributed by atoms with van der Waals surface area (Å²) >= 11 is 1.11. The average Bonchev–Trinajstić information content (AvgIpc) is 2.01. The molecule has 0 amide bonds. The second kappa shape index (κ2) is 12.6. The van der Waals surface area contributed by atoms with E-state index in [2.05, 4.69) is 6.92 Å². The Balaban J connectivity index is 0. The van der Waals surface area contributed by atoms with Crippen molar-refractivity contribution in [2.75, 3.05) is 6.26 Å². The molecular formula is C9H21KO3S. The second-order valence-corrected chi connectivity index (χ2v) is 6.53. The van der Waals surface area contributed by atoms with Crippen LogP contribution < -0.4 is 0 Å². The van der Waals surface area contributed by atoms with Crippen LogP contribution in [0.5, 0.6) is 0 Å². The molecule has 0 saturated heterocycles. The van der Waals surface area contributed by atoms with Crippen molar-refractivity contribution >= 4 is 59.1 Å². The van der Waals surface area contributed by atoms with Gasteiger partial charge in [-0.15, -0.1) is 0 Å². The molecule has 0 fully saturated rings. The molecule has 0 aromatic rings. The summed E-state index contributed by atoms with van der Waals surface area (Å²) in [7, 11) is -3.67. The summed E-state index contributed by atoms with van der Waals surface area (Å²) in [5.74, 6) is 0. The van der Waals surface area contributed by atoms with Gasteiger partial charge in [0.15, 0.2) is 0 Å². The maximum Gasteiger partial charge on any atom is 0.261 e. The van der Waals surface area contributed by atoms with E-state index in [0.717, 1.165) is 49.0 Å². The molecule has 0 aromatic carbocycles. The molecule has 14 heavy (non-hydrogen) atoms. The van der Waals surface area contributed by atoms with Crippen molar-refractivity contribution in [3.63, 3.8) is 0 Å². The molecule has 0 aliphatic heterocycles. The third-order valence-corrected chi connectivity index (χ3v) is 2.81. The minimum Gasteiger partial charge on any atom is -0.286 e. The third-order valence-electron chi connectivity index (χ3n) is 1.71. The maximum atomic E-state index is 9.19. The van der Waals surface area contributed by atoms with Gasteiger partial charge in [0.05, 0.1) is 6.26 Å². The molecule has 3 nitrogen and oxygen atoms in total.